The van der Waals surface area contributed by atoms with E-state index in [1.807, 2.05) is 12.1 Å². The number of carbonyl (C=O) groups excluding carboxylic acids is 1. The molecule has 0 spiro atoms. The maximum Gasteiger partial charge on any atom is 0.416 e. The number of aromatic nitrogens is 1. The molecule has 1 N–H and O–H groups in total. The van der Waals surface area contributed by atoms with E-state index >= 15 is 0 Å². The van der Waals surface area contributed by atoms with Crippen molar-refractivity contribution in [3.8, 4) is 16.3 Å². The minimum Gasteiger partial charge on any atom is -0.492 e. The van der Waals surface area contributed by atoms with Gasteiger partial charge in [0.15, 0.2) is 0 Å². The Morgan fingerprint density at radius 2 is 1.74 bits per heavy atom. The molecule has 1 aromatic heterocycles. The van der Waals surface area contributed by atoms with Crippen molar-refractivity contribution in [1.29, 1.82) is 0 Å². The maximum atomic E-state index is 12.9. The molecule has 0 unspecified atom stereocenters. The Balaban J connectivity index is 1.63. The van der Waals surface area contributed by atoms with Crippen LogP contribution in [0, 0.1) is 6.92 Å². The molecule has 0 radical (unpaired) electrons. The van der Waals surface area contributed by atoms with E-state index in [1.54, 1.807) is 19.1 Å². The molecule has 0 aliphatic heterocycles. The van der Waals surface area contributed by atoms with Gasteiger partial charge in [-0.05, 0) is 57.1 Å². The van der Waals surface area contributed by atoms with Gasteiger partial charge < -0.3 is 10.1 Å². The highest BCUT2D eigenvalue weighted by molar-refractivity contribution is 7.17. The molecule has 0 saturated heterocycles. The van der Waals surface area contributed by atoms with Crippen LogP contribution in [0.2, 0.25) is 0 Å². The monoisotopic (exact) mass is 505 g/mol. The van der Waals surface area contributed by atoms with E-state index in [2.05, 4.69) is 29.0 Å². The minimum absolute atomic E-state index is 0.327. The van der Waals surface area contributed by atoms with Gasteiger partial charge >= 0.3 is 6.18 Å². The molecule has 2 aromatic carbocycles. The summed E-state index contributed by atoms with van der Waals surface area (Å²) in [5.74, 6) is 0.342. The fourth-order valence-corrected chi connectivity index (χ4v) is 4.61. The lowest BCUT2D eigenvalue weighted by molar-refractivity contribution is -0.137. The zero-order valence-corrected chi connectivity index (χ0v) is 20.9. The highest BCUT2D eigenvalue weighted by atomic mass is 32.1. The molecule has 1 heterocycles. The third kappa shape index (κ3) is 7.53. The highest BCUT2D eigenvalue weighted by Crippen LogP contribution is 2.33. The normalized spacial score (nSPS) is 11.6. The van der Waals surface area contributed by atoms with Gasteiger partial charge in [-0.25, -0.2) is 4.98 Å². The first-order valence-corrected chi connectivity index (χ1v) is 12.4. The molecule has 0 aliphatic rings. The predicted molar refractivity (Wildman–Crippen MR) is 134 cm³/mol. The summed E-state index contributed by atoms with van der Waals surface area (Å²) in [6.45, 7) is 9.50. The van der Waals surface area contributed by atoms with Crippen molar-refractivity contribution in [3.05, 3.63) is 64.7 Å². The maximum absolute atomic E-state index is 12.9. The molecule has 188 valence electrons. The second-order valence-electron chi connectivity index (χ2n) is 8.18. The third-order valence-electron chi connectivity index (χ3n) is 5.31. The number of hydrogen-bond donors (Lipinski definition) is 1. The molecule has 0 atom stereocenters. The summed E-state index contributed by atoms with van der Waals surface area (Å²) in [4.78, 5) is 20.0. The second kappa shape index (κ2) is 12.2. The average Bonchev–Trinajstić information content (AvgIpc) is 3.21. The number of nitrogens with zero attached hydrogens (tertiary/aromatic N) is 2. The topological polar surface area (TPSA) is 54.5 Å². The molecule has 0 bridgehead atoms. The van der Waals surface area contributed by atoms with Crippen LogP contribution in [0.25, 0.3) is 10.6 Å². The van der Waals surface area contributed by atoms with Crippen LogP contribution < -0.4 is 10.1 Å². The smallest absolute Gasteiger partial charge is 0.416 e. The quantitative estimate of drug-likeness (QED) is 0.308. The van der Waals surface area contributed by atoms with Crippen LogP contribution in [-0.4, -0.2) is 42.0 Å². The van der Waals surface area contributed by atoms with Crippen LogP contribution in [0.5, 0.6) is 5.75 Å². The van der Waals surface area contributed by atoms with Gasteiger partial charge in [0.2, 0.25) is 0 Å². The molecule has 0 aliphatic carbocycles. The summed E-state index contributed by atoms with van der Waals surface area (Å²) in [5.41, 5.74) is 0.913. The van der Waals surface area contributed by atoms with Gasteiger partial charge in [-0.3, -0.25) is 9.69 Å². The Hall–Kier alpha value is -2.91. The summed E-state index contributed by atoms with van der Waals surface area (Å²) in [6.07, 6.45) is -2.21. The minimum atomic E-state index is -4.40. The van der Waals surface area contributed by atoms with Gasteiger partial charge in [0, 0.05) is 23.9 Å². The van der Waals surface area contributed by atoms with E-state index in [1.165, 1.54) is 12.1 Å². The van der Waals surface area contributed by atoms with Crippen molar-refractivity contribution in [2.75, 3.05) is 31.6 Å². The zero-order valence-electron chi connectivity index (χ0n) is 20.1. The Kier molecular flexibility index (Phi) is 9.28. The lowest BCUT2D eigenvalue weighted by Crippen LogP contribution is -2.30. The van der Waals surface area contributed by atoms with Crippen LogP contribution in [0.15, 0.2) is 48.5 Å². The second-order valence-corrected chi connectivity index (χ2v) is 9.18. The zero-order chi connectivity index (χ0) is 25.4. The lowest BCUT2D eigenvalue weighted by Gasteiger charge is -2.21. The molecule has 0 fully saturated rings. The predicted octanol–water partition coefficient (Wildman–Crippen LogP) is 6.89. The first-order chi connectivity index (χ1) is 16.7. The van der Waals surface area contributed by atoms with E-state index in [0.717, 1.165) is 55.9 Å². The molecule has 3 rings (SSSR count). The standard InChI is InChI=1S/C26H30F3N3O2S/c1-4-13-32(14-5-2)15-16-34-22-8-6-7-21(17-22)31-24(33)23-18(3)30-25(35-23)19-9-11-20(12-10-19)26(27,28)29/h6-12,17H,4-5,13-16H2,1-3H3,(H,31,33). The largest absolute Gasteiger partial charge is 0.492 e. The van der Waals surface area contributed by atoms with Crippen molar-refractivity contribution >= 4 is 22.9 Å². The fourth-order valence-electron chi connectivity index (χ4n) is 3.64. The number of halogens is 3. The van der Waals surface area contributed by atoms with Crippen molar-refractivity contribution < 1.29 is 22.7 Å². The van der Waals surface area contributed by atoms with E-state index in [9.17, 15) is 18.0 Å². The Bertz CT molecular complexity index is 1110. The van der Waals surface area contributed by atoms with Gasteiger partial charge in [-0.15, -0.1) is 11.3 Å². The van der Waals surface area contributed by atoms with E-state index < -0.39 is 11.7 Å². The summed E-state index contributed by atoms with van der Waals surface area (Å²) in [7, 11) is 0. The number of alkyl halides is 3. The van der Waals surface area contributed by atoms with Crippen LogP contribution in [0.4, 0.5) is 18.9 Å². The number of rotatable bonds is 11. The number of nitrogens with one attached hydrogen (secondary N) is 1. The SMILES string of the molecule is CCCN(CCC)CCOc1cccc(NC(=O)c2sc(-c3ccc(C(F)(F)F)cc3)nc2C)c1. The molecule has 0 saturated carbocycles. The van der Waals surface area contributed by atoms with Crippen molar-refractivity contribution in [1.82, 2.24) is 9.88 Å². The third-order valence-corrected chi connectivity index (χ3v) is 6.52. The molecular weight excluding hydrogens is 475 g/mol. The van der Waals surface area contributed by atoms with Crippen molar-refractivity contribution in [2.45, 2.75) is 39.8 Å². The summed E-state index contributed by atoms with van der Waals surface area (Å²) in [6, 6.07) is 12.0. The molecule has 9 heteroatoms. The number of thiazole rings is 1. The molecule has 3 aromatic rings. The summed E-state index contributed by atoms with van der Waals surface area (Å²) < 4.78 is 44.4. The van der Waals surface area contributed by atoms with E-state index in [0.29, 0.717) is 39.2 Å². The average molecular weight is 506 g/mol. The van der Waals surface area contributed by atoms with Gasteiger partial charge in [0.25, 0.3) is 5.91 Å². The van der Waals surface area contributed by atoms with Gasteiger partial charge in [-0.2, -0.15) is 13.2 Å². The Labute approximate surface area is 208 Å². The van der Waals surface area contributed by atoms with Crippen LogP contribution >= 0.6 is 11.3 Å². The highest BCUT2D eigenvalue weighted by Gasteiger charge is 2.30. The summed E-state index contributed by atoms with van der Waals surface area (Å²) in [5, 5.41) is 3.35. The van der Waals surface area contributed by atoms with Crippen LogP contribution in [0.3, 0.4) is 0 Å². The van der Waals surface area contributed by atoms with Gasteiger partial charge in [0.1, 0.15) is 22.2 Å². The van der Waals surface area contributed by atoms with Crippen LogP contribution in [-0.2, 0) is 6.18 Å². The molecule has 35 heavy (non-hydrogen) atoms. The number of carbonyl (C=O) groups is 1. The van der Waals surface area contributed by atoms with Crippen molar-refractivity contribution in [2.24, 2.45) is 0 Å². The van der Waals surface area contributed by atoms with E-state index in [-0.39, 0.29) is 5.91 Å². The lowest BCUT2D eigenvalue weighted by atomic mass is 10.1. The first-order valence-electron chi connectivity index (χ1n) is 11.6. The number of benzene rings is 2. The number of aryl methyl sites for hydroxylation is 1. The van der Waals surface area contributed by atoms with Gasteiger partial charge in [0.05, 0.1) is 11.3 Å². The van der Waals surface area contributed by atoms with Gasteiger partial charge in [-0.1, -0.05) is 32.0 Å². The van der Waals surface area contributed by atoms with Crippen LogP contribution in [0.1, 0.15) is 47.6 Å². The fraction of sp³-hybridized carbons (Fsp3) is 0.385. The van der Waals surface area contributed by atoms with Crippen molar-refractivity contribution in [3.63, 3.8) is 0 Å². The Morgan fingerprint density at radius 3 is 2.37 bits per heavy atom. The molecule has 5 nitrogen and oxygen atoms in total. The number of ether oxygens (including phenoxy) is 1. The first kappa shape index (κ1) is 26.7. The molecule has 1 amide bonds. The van der Waals surface area contributed by atoms with E-state index in [4.69, 9.17) is 4.74 Å². The number of hydrogen-bond acceptors (Lipinski definition) is 5. The Morgan fingerprint density at radius 1 is 1.06 bits per heavy atom. The summed E-state index contributed by atoms with van der Waals surface area (Å²) >= 11 is 1.14. The number of anilines is 1. The molecular formula is C26H30F3N3O2S. The number of amides is 1.